The molecular weight excluding hydrogens is 370 g/mol. The van der Waals surface area contributed by atoms with E-state index in [4.69, 9.17) is 0 Å². The Bertz CT molecular complexity index is 876. The molecule has 3 rings (SSSR count). The Hall–Kier alpha value is -2.60. The molecule has 1 aliphatic rings. The van der Waals surface area contributed by atoms with Gasteiger partial charge in [0.05, 0.1) is 5.69 Å². The van der Waals surface area contributed by atoms with E-state index in [-0.39, 0.29) is 18.2 Å². The van der Waals surface area contributed by atoms with Crippen LogP contribution in [-0.4, -0.2) is 22.2 Å². The van der Waals surface area contributed by atoms with Gasteiger partial charge in [0.1, 0.15) is 5.25 Å². The van der Waals surface area contributed by atoms with Crippen LogP contribution in [0.1, 0.15) is 43.7 Å². The first-order valence-corrected chi connectivity index (χ1v) is 10.3. The third-order valence-electron chi connectivity index (χ3n) is 4.79. The first kappa shape index (κ1) is 20.1. The van der Waals surface area contributed by atoms with Crippen molar-refractivity contribution in [1.29, 1.82) is 0 Å². The molecule has 2 atom stereocenters. The molecule has 2 amide bonds. The Morgan fingerprint density at radius 2 is 1.86 bits per heavy atom. The number of nitrogens with one attached hydrogen (secondary N) is 2. The van der Waals surface area contributed by atoms with E-state index in [1.165, 1.54) is 17.3 Å². The van der Waals surface area contributed by atoms with Gasteiger partial charge in [-0.15, -0.1) is 0 Å². The van der Waals surface area contributed by atoms with Gasteiger partial charge < -0.3 is 10.6 Å². The van der Waals surface area contributed by atoms with Crippen LogP contribution in [0.5, 0.6) is 0 Å². The highest BCUT2D eigenvalue weighted by Crippen LogP contribution is 2.27. The summed E-state index contributed by atoms with van der Waals surface area (Å²) in [6.07, 6.45) is 1.20. The number of amidine groups is 1. The Labute approximate surface area is 170 Å². The van der Waals surface area contributed by atoms with Gasteiger partial charge in [-0.3, -0.25) is 9.59 Å². The molecule has 5 nitrogen and oxygen atoms in total. The van der Waals surface area contributed by atoms with E-state index in [0.717, 1.165) is 23.4 Å². The number of benzene rings is 2. The number of carbonyl (C=O) groups is 2. The van der Waals surface area contributed by atoms with Crippen molar-refractivity contribution >= 4 is 40.1 Å². The summed E-state index contributed by atoms with van der Waals surface area (Å²) in [5, 5.41) is 5.67. The fourth-order valence-electron chi connectivity index (χ4n) is 2.84. The summed E-state index contributed by atoms with van der Waals surface area (Å²) >= 11 is 1.30. The summed E-state index contributed by atoms with van der Waals surface area (Å²) in [7, 11) is 0. The van der Waals surface area contributed by atoms with Gasteiger partial charge in [-0.1, -0.05) is 55.4 Å². The van der Waals surface area contributed by atoms with Crippen LogP contribution in [0.3, 0.4) is 0 Å². The second-order valence-corrected chi connectivity index (χ2v) is 8.22. The maximum absolute atomic E-state index is 12.2. The van der Waals surface area contributed by atoms with E-state index in [1.807, 2.05) is 43.3 Å². The molecule has 1 aliphatic heterocycles. The molecule has 0 radical (unpaired) electrons. The normalized spacial score (nSPS) is 18.8. The van der Waals surface area contributed by atoms with E-state index < -0.39 is 5.25 Å². The molecule has 0 unspecified atom stereocenters. The number of hydrogen-bond acceptors (Lipinski definition) is 4. The zero-order chi connectivity index (χ0) is 20.1. The summed E-state index contributed by atoms with van der Waals surface area (Å²) in [6.45, 7) is 6.35. The second kappa shape index (κ2) is 9.06. The molecule has 1 heterocycles. The van der Waals surface area contributed by atoms with Crippen molar-refractivity contribution in [2.24, 2.45) is 4.99 Å². The molecule has 28 heavy (non-hydrogen) atoms. The average molecular weight is 396 g/mol. The molecule has 0 aliphatic carbocycles. The average Bonchev–Trinajstić information content (AvgIpc) is 3.02. The number of hydrogen-bond donors (Lipinski definition) is 2. The molecule has 6 heteroatoms. The minimum atomic E-state index is -0.469. The van der Waals surface area contributed by atoms with Crippen LogP contribution >= 0.6 is 11.8 Å². The van der Waals surface area contributed by atoms with Gasteiger partial charge in [-0.25, -0.2) is 4.99 Å². The molecule has 0 saturated carbocycles. The molecule has 2 N–H and O–H groups in total. The van der Waals surface area contributed by atoms with Crippen molar-refractivity contribution in [3.8, 4) is 0 Å². The summed E-state index contributed by atoms with van der Waals surface area (Å²) in [5.41, 5.74) is 3.93. The van der Waals surface area contributed by atoms with Crippen LogP contribution in [0.4, 0.5) is 11.4 Å². The van der Waals surface area contributed by atoms with E-state index in [9.17, 15) is 9.59 Å². The van der Waals surface area contributed by atoms with E-state index in [2.05, 4.69) is 41.6 Å². The Kier molecular flexibility index (Phi) is 6.52. The maximum atomic E-state index is 12.2. The lowest BCUT2D eigenvalue weighted by molar-refractivity contribution is -0.122. The highest BCUT2D eigenvalue weighted by Gasteiger charge is 2.32. The third kappa shape index (κ3) is 5.23. The number of nitrogens with zero attached hydrogens (tertiary/aromatic N) is 1. The minimum Gasteiger partial charge on any atom is -0.326 e. The topological polar surface area (TPSA) is 70.6 Å². The molecule has 2 aromatic carbocycles. The number of thioether (sulfide) groups is 1. The van der Waals surface area contributed by atoms with E-state index >= 15 is 0 Å². The first-order valence-electron chi connectivity index (χ1n) is 9.47. The monoisotopic (exact) mass is 395 g/mol. The van der Waals surface area contributed by atoms with Crippen LogP contribution in [0.15, 0.2) is 53.5 Å². The van der Waals surface area contributed by atoms with E-state index in [0.29, 0.717) is 11.1 Å². The number of anilines is 1. The number of carbonyl (C=O) groups excluding carboxylic acids is 2. The second-order valence-electron chi connectivity index (χ2n) is 7.03. The van der Waals surface area contributed by atoms with Crippen molar-refractivity contribution < 1.29 is 9.59 Å². The quantitative estimate of drug-likeness (QED) is 0.741. The lowest BCUT2D eigenvalue weighted by Crippen LogP contribution is -2.28. The van der Waals surface area contributed by atoms with Crippen LogP contribution in [0, 0.1) is 6.92 Å². The molecule has 2 aromatic rings. The molecule has 0 bridgehead atoms. The standard InChI is InChI=1S/C22H25N3O2S/c1-4-15(3)16-7-11-18(12-8-16)24-22-25-21(27)19(28-22)13-20(26)23-17-9-5-14(2)6-10-17/h5-12,15,19H,4,13H2,1-3H3,(H,23,26)(H,24,25,27)/t15-,19+/m0/s1. The Morgan fingerprint density at radius 1 is 1.18 bits per heavy atom. The molecule has 146 valence electrons. The lowest BCUT2D eigenvalue weighted by atomic mass is 9.99. The van der Waals surface area contributed by atoms with E-state index in [1.54, 1.807) is 0 Å². The summed E-state index contributed by atoms with van der Waals surface area (Å²) in [4.78, 5) is 28.9. The Morgan fingerprint density at radius 3 is 2.50 bits per heavy atom. The number of rotatable bonds is 6. The minimum absolute atomic E-state index is 0.107. The van der Waals surface area contributed by atoms with Crippen molar-refractivity contribution in [1.82, 2.24) is 5.32 Å². The van der Waals surface area contributed by atoms with Crippen LogP contribution in [0.25, 0.3) is 0 Å². The lowest BCUT2D eigenvalue weighted by Gasteiger charge is -2.08. The first-order chi connectivity index (χ1) is 13.4. The van der Waals surface area contributed by atoms with Gasteiger partial charge in [0.15, 0.2) is 5.17 Å². The zero-order valence-electron chi connectivity index (χ0n) is 16.4. The molecule has 0 aromatic heterocycles. The van der Waals surface area contributed by atoms with Gasteiger partial charge in [0.25, 0.3) is 0 Å². The number of aliphatic imine (C=N–C) groups is 1. The van der Waals surface area contributed by atoms with Crippen LogP contribution in [0.2, 0.25) is 0 Å². The smallest absolute Gasteiger partial charge is 0.240 e. The summed E-state index contributed by atoms with van der Waals surface area (Å²) < 4.78 is 0. The van der Waals surface area contributed by atoms with Crippen LogP contribution in [-0.2, 0) is 9.59 Å². The van der Waals surface area contributed by atoms with Crippen molar-refractivity contribution in [3.63, 3.8) is 0 Å². The van der Waals surface area contributed by atoms with Gasteiger partial charge in [0, 0.05) is 12.1 Å². The van der Waals surface area contributed by atoms with Crippen molar-refractivity contribution in [3.05, 3.63) is 59.7 Å². The fourth-order valence-corrected chi connectivity index (χ4v) is 3.83. The van der Waals surface area contributed by atoms with Gasteiger partial charge in [-0.2, -0.15) is 0 Å². The number of amides is 2. The zero-order valence-corrected chi connectivity index (χ0v) is 17.2. The Balaban J connectivity index is 1.59. The summed E-state index contributed by atoms with van der Waals surface area (Å²) in [5.74, 6) is 0.147. The largest absolute Gasteiger partial charge is 0.326 e. The highest BCUT2D eigenvalue weighted by molar-refractivity contribution is 8.15. The molecule has 1 saturated heterocycles. The molecular formula is C22H25N3O2S. The molecule has 0 spiro atoms. The highest BCUT2D eigenvalue weighted by atomic mass is 32.2. The predicted molar refractivity (Wildman–Crippen MR) is 116 cm³/mol. The van der Waals surface area contributed by atoms with Crippen LogP contribution < -0.4 is 10.6 Å². The molecule has 1 fully saturated rings. The van der Waals surface area contributed by atoms with Crippen molar-refractivity contribution in [2.75, 3.05) is 5.32 Å². The van der Waals surface area contributed by atoms with Gasteiger partial charge in [0.2, 0.25) is 11.8 Å². The van der Waals surface area contributed by atoms with Gasteiger partial charge in [-0.05, 0) is 49.1 Å². The predicted octanol–water partition coefficient (Wildman–Crippen LogP) is 4.76. The SMILES string of the molecule is CC[C@H](C)c1ccc(N=C2NC(=O)[C@@H](CC(=O)Nc3ccc(C)cc3)S2)cc1. The summed E-state index contributed by atoms with van der Waals surface area (Å²) in [6, 6.07) is 15.6. The maximum Gasteiger partial charge on any atom is 0.240 e. The fraction of sp³-hybridized carbons (Fsp3) is 0.318. The van der Waals surface area contributed by atoms with Gasteiger partial charge >= 0.3 is 0 Å². The third-order valence-corrected chi connectivity index (χ3v) is 5.87. The van der Waals surface area contributed by atoms with Crippen molar-refractivity contribution in [2.45, 2.75) is 44.8 Å². The number of aryl methyl sites for hydroxylation is 1.